The molecule has 4 atom stereocenters. The van der Waals surface area contributed by atoms with Crippen molar-refractivity contribution < 1.29 is 4.74 Å². The Morgan fingerprint density at radius 2 is 1.32 bits per heavy atom. The van der Waals surface area contributed by atoms with Crippen molar-refractivity contribution in [2.75, 3.05) is 0 Å². The second-order valence-corrected chi connectivity index (χ2v) is 12.8. The van der Waals surface area contributed by atoms with E-state index < -0.39 is 0 Å². The Morgan fingerprint density at radius 1 is 0.765 bits per heavy atom. The van der Waals surface area contributed by atoms with E-state index in [9.17, 15) is 0 Å². The molecular weight excluding hydrogens is 412 g/mol. The van der Waals surface area contributed by atoms with E-state index >= 15 is 0 Å². The molecule has 1 aliphatic rings. The molecule has 0 aliphatic carbocycles. The van der Waals surface area contributed by atoms with Gasteiger partial charge >= 0.3 is 0 Å². The molecule has 1 aromatic rings. The van der Waals surface area contributed by atoms with Gasteiger partial charge in [-0.3, -0.25) is 0 Å². The van der Waals surface area contributed by atoms with Crippen LogP contribution in [0.15, 0.2) is 0 Å². The van der Waals surface area contributed by atoms with Crippen molar-refractivity contribution in [3.05, 3.63) is 27.8 Å². The standard InChI is InChI=1S/C33H58O/c1-11-26(6)31-27(7)28(8)32-30(29(31)9)20-22-33(10,34-32)21-14-19-25(5)18-13-17-24(4)16-12-15-23(2)3/h23-26H,11-22H2,1-10H3/t24-,25-,26?,33-/m0/s1. The van der Waals surface area contributed by atoms with Gasteiger partial charge in [-0.1, -0.05) is 86.5 Å². The highest BCUT2D eigenvalue weighted by Crippen LogP contribution is 2.44. The molecule has 0 N–H and O–H groups in total. The van der Waals surface area contributed by atoms with Gasteiger partial charge in [0, 0.05) is 0 Å². The molecule has 0 fully saturated rings. The van der Waals surface area contributed by atoms with Gasteiger partial charge in [0.2, 0.25) is 0 Å². The van der Waals surface area contributed by atoms with Crippen molar-refractivity contribution in [3.8, 4) is 5.75 Å². The van der Waals surface area contributed by atoms with Crippen LogP contribution in [0.1, 0.15) is 153 Å². The first-order valence-electron chi connectivity index (χ1n) is 14.8. The first-order chi connectivity index (χ1) is 16.0. The average Bonchev–Trinajstić information content (AvgIpc) is 2.77. The second kappa shape index (κ2) is 13.4. The lowest BCUT2D eigenvalue weighted by Gasteiger charge is -2.39. The molecule has 1 nitrogen and oxygen atoms in total. The minimum Gasteiger partial charge on any atom is -0.487 e. The summed E-state index contributed by atoms with van der Waals surface area (Å²) in [5.74, 6) is 4.44. The highest BCUT2D eigenvalue weighted by molar-refractivity contribution is 5.56. The fourth-order valence-electron chi connectivity index (χ4n) is 6.26. The predicted octanol–water partition coefficient (Wildman–Crippen LogP) is 10.6. The maximum absolute atomic E-state index is 6.83. The number of rotatable bonds is 14. The summed E-state index contributed by atoms with van der Waals surface area (Å²) in [4.78, 5) is 0. The largest absolute Gasteiger partial charge is 0.487 e. The minimum absolute atomic E-state index is 0.000816. The third kappa shape index (κ3) is 8.03. The smallest absolute Gasteiger partial charge is 0.126 e. The summed E-state index contributed by atoms with van der Waals surface area (Å²) >= 11 is 0. The Labute approximate surface area is 213 Å². The first kappa shape index (κ1) is 29.3. The van der Waals surface area contributed by atoms with Crippen molar-refractivity contribution in [3.63, 3.8) is 0 Å². The summed E-state index contributed by atoms with van der Waals surface area (Å²) in [5, 5.41) is 0. The van der Waals surface area contributed by atoms with E-state index in [4.69, 9.17) is 4.74 Å². The predicted molar refractivity (Wildman–Crippen MR) is 151 cm³/mol. The van der Waals surface area contributed by atoms with Gasteiger partial charge in [-0.05, 0) is 111 Å². The van der Waals surface area contributed by atoms with Crippen LogP contribution in [0, 0.1) is 38.5 Å². The third-order valence-electron chi connectivity index (χ3n) is 9.07. The Kier molecular flexibility index (Phi) is 11.5. The Bertz CT molecular complexity index is 761. The Balaban J connectivity index is 1.83. The van der Waals surface area contributed by atoms with Crippen LogP contribution in [0.4, 0.5) is 0 Å². The Hall–Kier alpha value is -0.980. The second-order valence-electron chi connectivity index (χ2n) is 12.8. The number of ether oxygens (including phenoxy) is 1. The van der Waals surface area contributed by atoms with E-state index in [1.165, 1.54) is 98.6 Å². The lowest BCUT2D eigenvalue weighted by Crippen LogP contribution is -2.37. The third-order valence-corrected chi connectivity index (χ3v) is 9.07. The molecular formula is C33H58O. The zero-order valence-corrected chi connectivity index (χ0v) is 24.7. The fourth-order valence-corrected chi connectivity index (χ4v) is 6.26. The van der Waals surface area contributed by atoms with Gasteiger partial charge in [0.1, 0.15) is 11.4 Å². The molecule has 0 radical (unpaired) electrons. The molecule has 1 aliphatic heterocycles. The lowest BCUT2D eigenvalue weighted by molar-refractivity contribution is 0.0513. The topological polar surface area (TPSA) is 9.23 Å². The summed E-state index contributed by atoms with van der Waals surface area (Å²) in [6.07, 6.45) is 15.8. The van der Waals surface area contributed by atoms with Crippen LogP contribution in [-0.4, -0.2) is 5.60 Å². The molecule has 1 heterocycles. The van der Waals surface area contributed by atoms with Crippen LogP contribution in [0.25, 0.3) is 0 Å². The molecule has 1 aromatic carbocycles. The van der Waals surface area contributed by atoms with E-state index in [0.29, 0.717) is 5.92 Å². The normalized spacial score (nSPS) is 20.7. The highest BCUT2D eigenvalue weighted by atomic mass is 16.5. The molecule has 196 valence electrons. The van der Waals surface area contributed by atoms with Crippen molar-refractivity contribution >= 4 is 0 Å². The summed E-state index contributed by atoms with van der Waals surface area (Å²) in [6, 6.07) is 0. The molecule has 0 amide bonds. The molecule has 1 unspecified atom stereocenters. The highest BCUT2D eigenvalue weighted by Gasteiger charge is 2.34. The van der Waals surface area contributed by atoms with E-state index in [2.05, 4.69) is 69.2 Å². The zero-order chi connectivity index (χ0) is 25.5. The maximum Gasteiger partial charge on any atom is 0.126 e. The van der Waals surface area contributed by atoms with Crippen LogP contribution in [0.5, 0.6) is 5.75 Å². The van der Waals surface area contributed by atoms with E-state index in [0.717, 1.165) is 24.2 Å². The van der Waals surface area contributed by atoms with E-state index in [-0.39, 0.29) is 5.60 Å². The van der Waals surface area contributed by atoms with Crippen LogP contribution >= 0.6 is 0 Å². The summed E-state index contributed by atoms with van der Waals surface area (Å²) in [7, 11) is 0. The molecule has 2 rings (SSSR count). The van der Waals surface area contributed by atoms with Gasteiger partial charge in [0.15, 0.2) is 0 Å². The molecule has 0 saturated carbocycles. The number of hydrogen-bond acceptors (Lipinski definition) is 1. The molecule has 1 heteroatoms. The minimum atomic E-state index is -0.000816. The van der Waals surface area contributed by atoms with Crippen molar-refractivity contribution in [1.29, 1.82) is 0 Å². The number of benzene rings is 1. The van der Waals surface area contributed by atoms with E-state index in [1.54, 1.807) is 5.56 Å². The molecule has 0 saturated heterocycles. The fraction of sp³-hybridized carbons (Fsp3) is 0.818. The monoisotopic (exact) mass is 470 g/mol. The Morgan fingerprint density at radius 3 is 1.88 bits per heavy atom. The van der Waals surface area contributed by atoms with E-state index in [1.807, 2.05) is 0 Å². The average molecular weight is 471 g/mol. The quantitative estimate of drug-likeness (QED) is 0.263. The van der Waals surface area contributed by atoms with Crippen LogP contribution < -0.4 is 4.74 Å². The maximum atomic E-state index is 6.83. The number of hydrogen-bond donors (Lipinski definition) is 0. The van der Waals surface area contributed by atoms with Gasteiger partial charge in [0.25, 0.3) is 0 Å². The summed E-state index contributed by atoms with van der Waals surface area (Å²) < 4.78 is 6.83. The lowest BCUT2D eigenvalue weighted by atomic mass is 9.80. The van der Waals surface area contributed by atoms with Gasteiger partial charge in [-0.25, -0.2) is 0 Å². The van der Waals surface area contributed by atoms with Gasteiger partial charge in [-0.15, -0.1) is 0 Å². The molecule has 0 spiro atoms. The van der Waals surface area contributed by atoms with Crippen molar-refractivity contribution in [1.82, 2.24) is 0 Å². The van der Waals surface area contributed by atoms with Crippen LogP contribution in [0.3, 0.4) is 0 Å². The summed E-state index contributed by atoms with van der Waals surface area (Å²) in [6.45, 7) is 23.6. The zero-order valence-electron chi connectivity index (χ0n) is 24.7. The van der Waals surface area contributed by atoms with Crippen molar-refractivity contribution in [2.45, 2.75) is 158 Å². The van der Waals surface area contributed by atoms with Gasteiger partial charge < -0.3 is 4.74 Å². The van der Waals surface area contributed by atoms with Crippen LogP contribution in [-0.2, 0) is 6.42 Å². The summed E-state index contributed by atoms with van der Waals surface area (Å²) in [5.41, 5.74) is 7.42. The van der Waals surface area contributed by atoms with Gasteiger partial charge in [-0.2, -0.15) is 0 Å². The molecule has 0 aromatic heterocycles. The van der Waals surface area contributed by atoms with Gasteiger partial charge in [0.05, 0.1) is 0 Å². The SMILES string of the molecule is CCC(C)c1c(C)c(C)c2c(c1C)CC[C@](C)(CCC[C@@H](C)CCC[C@@H](C)CCCC(C)C)O2. The molecule has 0 bridgehead atoms. The number of fused-ring (bicyclic) bond motifs is 1. The van der Waals surface area contributed by atoms with Crippen LogP contribution in [0.2, 0.25) is 0 Å². The first-order valence-corrected chi connectivity index (χ1v) is 14.8. The van der Waals surface area contributed by atoms with Crippen molar-refractivity contribution in [2.24, 2.45) is 17.8 Å². The molecule has 34 heavy (non-hydrogen) atoms.